The second-order valence-electron chi connectivity index (χ2n) is 4.93. The van der Waals surface area contributed by atoms with Crippen LogP contribution in [-0.2, 0) is 0 Å². The van der Waals surface area contributed by atoms with Gasteiger partial charge in [-0.1, -0.05) is 13.3 Å². The number of amides is 1. The maximum Gasteiger partial charge on any atom is 0.252 e. The molecule has 0 atom stereocenters. The van der Waals surface area contributed by atoms with Gasteiger partial charge in [0.2, 0.25) is 0 Å². The molecule has 0 fully saturated rings. The summed E-state index contributed by atoms with van der Waals surface area (Å²) in [5, 5.41) is 2.89. The minimum Gasteiger partial charge on any atom is -0.352 e. The Hall–Kier alpha value is -2.50. The third kappa shape index (κ3) is 2.69. The summed E-state index contributed by atoms with van der Waals surface area (Å²) < 4.78 is 0. The van der Waals surface area contributed by atoms with E-state index in [4.69, 9.17) is 0 Å². The lowest BCUT2D eigenvalue weighted by atomic mass is 10.2. The Kier molecular flexibility index (Phi) is 3.77. The molecule has 1 aromatic heterocycles. The lowest BCUT2D eigenvalue weighted by Gasteiger charge is -2.28. The highest BCUT2D eigenvalue weighted by molar-refractivity contribution is 5.99. The van der Waals surface area contributed by atoms with Crippen LogP contribution < -0.4 is 10.2 Å². The van der Waals surface area contributed by atoms with E-state index in [1.807, 2.05) is 11.1 Å². The predicted molar refractivity (Wildman–Crippen MR) is 83.6 cm³/mol. The second kappa shape index (κ2) is 5.87. The molecule has 1 aromatic rings. The highest BCUT2D eigenvalue weighted by Gasteiger charge is 2.22. The third-order valence-electron chi connectivity index (χ3n) is 3.41. The number of pyridine rings is 1. The van der Waals surface area contributed by atoms with Gasteiger partial charge in [0.25, 0.3) is 5.91 Å². The molecular weight excluding hydrogens is 266 g/mol. The molecular formula is C15H17N5O. The number of unbranched alkanes of at least 4 members (excludes halogenated alkanes) is 1. The summed E-state index contributed by atoms with van der Waals surface area (Å²) in [7, 11) is 0. The van der Waals surface area contributed by atoms with E-state index in [0.717, 1.165) is 24.4 Å². The van der Waals surface area contributed by atoms with Crippen LogP contribution in [0.25, 0.3) is 0 Å². The van der Waals surface area contributed by atoms with Crippen molar-refractivity contribution in [2.24, 2.45) is 9.98 Å². The van der Waals surface area contributed by atoms with Crippen LogP contribution in [0.5, 0.6) is 0 Å². The molecule has 108 valence electrons. The standard InChI is InChI=1S/C15H17N5O/c1-2-3-4-17-15(21)11-7-13-14(19-8-11)20-6-5-16-9-12(20)10-18-13/h5,7-10H,2-4,6H2,1H3,(H,17,21). The Labute approximate surface area is 123 Å². The van der Waals surface area contributed by atoms with Crippen LogP contribution >= 0.6 is 0 Å². The number of nitrogens with one attached hydrogen (secondary N) is 1. The Morgan fingerprint density at radius 2 is 2.38 bits per heavy atom. The summed E-state index contributed by atoms with van der Waals surface area (Å²) in [5.74, 6) is 0.663. The van der Waals surface area contributed by atoms with Crippen LogP contribution in [0.4, 0.5) is 11.5 Å². The molecule has 0 spiro atoms. The van der Waals surface area contributed by atoms with Gasteiger partial charge in [-0.2, -0.15) is 0 Å². The van der Waals surface area contributed by atoms with Crippen molar-refractivity contribution in [1.82, 2.24) is 10.3 Å². The molecule has 3 rings (SSSR count). The molecule has 0 saturated carbocycles. The first kappa shape index (κ1) is 13.5. The third-order valence-corrected chi connectivity index (χ3v) is 3.41. The van der Waals surface area contributed by atoms with Gasteiger partial charge in [0.05, 0.1) is 30.2 Å². The fourth-order valence-electron chi connectivity index (χ4n) is 2.23. The average molecular weight is 283 g/mol. The van der Waals surface area contributed by atoms with Crippen molar-refractivity contribution in [3.63, 3.8) is 0 Å². The van der Waals surface area contributed by atoms with E-state index in [-0.39, 0.29) is 5.91 Å². The smallest absolute Gasteiger partial charge is 0.252 e. The number of carbonyl (C=O) groups is 1. The Morgan fingerprint density at radius 3 is 3.24 bits per heavy atom. The Bertz CT molecular complexity index is 647. The molecule has 3 heterocycles. The van der Waals surface area contributed by atoms with Gasteiger partial charge in [-0.25, -0.2) is 4.98 Å². The molecule has 0 saturated heterocycles. The fourth-order valence-corrected chi connectivity index (χ4v) is 2.23. The zero-order valence-electron chi connectivity index (χ0n) is 11.9. The quantitative estimate of drug-likeness (QED) is 0.860. The topological polar surface area (TPSA) is 70.0 Å². The summed E-state index contributed by atoms with van der Waals surface area (Å²) >= 11 is 0. The van der Waals surface area contributed by atoms with Crippen molar-refractivity contribution in [3.05, 3.63) is 29.7 Å². The first-order valence-electron chi connectivity index (χ1n) is 7.11. The number of hydrogen-bond donors (Lipinski definition) is 1. The Morgan fingerprint density at radius 1 is 1.48 bits per heavy atom. The van der Waals surface area contributed by atoms with Crippen LogP contribution in [0.3, 0.4) is 0 Å². The first-order valence-corrected chi connectivity index (χ1v) is 7.11. The summed E-state index contributed by atoms with van der Waals surface area (Å²) in [6, 6.07) is 1.78. The molecule has 1 N–H and O–H groups in total. The van der Waals surface area contributed by atoms with Crippen LogP contribution in [-0.4, -0.2) is 36.4 Å². The Balaban J connectivity index is 1.81. The summed E-state index contributed by atoms with van der Waals surface area (Å²) in [5.41, 5.74) is 2.17. The van der Waals surface area contributed by atoms with Crippen LogP contribution in [0.15, 0.2) is 34.1 Å². The predicted octanol–water partition coefficient (Wildman–Crippen LogP) is 2.06. The average Bonchev–Trinajstić information content (AvgIpc) is 2.54. The van der Waals surface area contributed by atoms with Crippen molar-refractivity contribution >= 4 is 29.8 Å². The minimum absolute atomic E-state index is 0.101. The monoisotopic (exact) mass is 283 g/mol. The van der Waals surface area contributed by atoms with Crippen molar-refractivity contribution < 1.29 is 4.79 Å². The zero-order chi connectivity index (χ0) is 14.7. The van der Waals surface area contributed by atoms with Gasteiger partial charge in [-0.05, 0) is 12.5 Å². The summed E-state index contributed by atoms with van der Waals surface area (Å²) in [6.07, 6.45) is 8.95. The molecule has 6 heteroatoms. The maximum absolute atomic E-state index is 12.0. The van der Waals surface area contributed by atoms with E-state index in [1.54, 1.807) is 24.7 Å². The van der Waals surface area contributed by atoms with Gasteiger partial charge in [-0.15, -0.1) is 0 Å². The van der Waals surface area contributed by atoms with Gasteiger partial charge in [0.1, 0.15) is 5.69 Å². The SMILES string of the molecule is CCCCNC(=O)c1cnc2c(c1)N=CC1=CN=CCN12. The van der Waals surface area contributed by atoms with Crippen molar-refractivity contribution in [3.8, 4) is 0 Å². The zero-order valence-corrected chi connectivity index (χ0v) is 11.9. The number of aliphatic imine (C=N–C) groups is 2. The number of rotatable bonds is 4. The number of nitrogens with zero attached hydrogens (tertiary/aromatic N) is 4. The lowest BCUT2D eigenvalue weighted by molar-refractivity contribution is 0.0953. The van der Waals surface area contributed by atoms with Crippen LogP contribution in [0, 0.1) is 0 Å². The van der Waals surface area contributed by atoms with E-state index in [1.165, 1.54) is 0 Å². The largest absolute Gasteiger partial charge is 0.352 e. The molecule has 0 aliphatic carbocycles. The molecule has 0 radical (unpaired) electrons. The fraction of sp³-hybridized carbons (Fsp3) is 0.333. The molecule has 0 bridgehead atoms. The van der Waals surface area contributed by atoms with Crippen molar-refractivity contribution in [2.75, 3.05) is 18.0 Å². The number of hydrogen-bond acceptors (Lipinski definition) is 5. The summed E-state index contributed by atoms with van der Waals surface area (Å²) in [4.78, 5) is 26.9. The molecule has 21 heavy (non-hydrogen) atoms. The van der Waals surface area contributed by atoms with Gasteiger partial charge in [0, 0.05) is 19.0 Å². The molecule has 0 aromatic carbocycles. The van der Waals surface area contributed by atoms with E-state index < -0.39 is 0 Å². The number of aromatic nitrogens is 1. The van der Waals surface area contributed by atoms with Crippen LogP contribution in [0.2, 0.25) is 0 Å². The number of carbonyl (C=O) groups excluding carboxylic acids is 1. The van der Waals surface area contributed by atoms with Crippen molar-refractivity contribution in [1.29, 1.82) is 0 Å². The van der Waals surface area contributed by atoms with Crippen LogP contribution in [0.1, 0.15) is 30.1 Å². The normalized spacial score (nSPS) is 15.3. The number of allylic oxidation sites excluding steroid dienone is 1. The van der Waals surface area contributed by atoms with Gasteiger partial charge >= 0.3 is 0 Å². The van der Waals surface area contributed by atoms with Gasteiger partial charge in [-0.3, -0.25) is 14.8 Å². The second-order valence-corrected chi connectivity index (χ2v) is 4.93. The number of anilines is 1. The molecule has 0 unspecified atom stereocenters. The minimum atomic E-state index is -0.101. The van der Waals surface area contributed by atoms with Crippen molar-refractivity contribution in [2.45, 2.75) is 19.8 Å². The maximum atomic E-state index is 12.0. The highest BCUT2D eigenvalue weighted by atomic mass is 16.1. The number of fused-ring (bicyclic) bond motifs is 3. The molecule has 2 aliphatic heterocycles. The van der Waals surface area contributed by atoms with Gasteiger partial charge < -0.3 is 10.2 Å². The van der Waals surface area contributed by atoms with E-state index in [9.17, 15) is 4.79 Å². The van der Waals surface area contributed by atoms with Gasteiger partial charge in [0.15, 0.2) is 5.82 Å². The van der Waals surface area contributed by atoms with E-state index in [0.29, 0.717) is 24.3 Å². The first-order chi connectivity index (χ1) is 10.3. The molecule has 1 amide bonds. The van der Waals surface area contributed by atoms with E-state index >= 15 is 0 Å². The lowest BCUT2D eigenvalue weighted by Crippen LogP contribution is -2.30. The molecule has 6 nitrogen and oxygen atoms in total. The molecule has 2 aliphatic rings. The summed E-state index contributed by atoms with van der Waals surface area (Å²) in [6.45, 7) is 3.44. The highest BCUT2D eigenvalue weighted by Crippen LogP contribution is 2.33. The van der Waals surface area contributed by atoms with E-state index in [2.05, 4.69) is 27.2 Å².